The second kappa shape index (κ2) is 6.98. The van der Waals surface area contributed by atoms with Crippen LogP contribution < -0.4 is 0 Å². The lowest BCUT2D eigenvalue weighted by Gasteiger charge is -2.30. The quantitative estimate of drug-likeness (QED) is 0.845. The summed E-state index contributed by atoms with van der Waals surface area (Å²) in [5.41, 5.74) is 0.639. The fourth-order valence-electron chi connectivity index (χ4n) is 3.01. The molecule has 0 N–H and O–H groups in total. The van der Waals surface area contributed by atoms with Crippen LogP contribution in [0.2, 0.25) is 0 Å². The molecule has 2 aromatic rings. The van der Waals surface area contributed by atoms with E-state index in [-0.39, 0.29) is 11.8 Å². The first-order chi connectivity index (χ1) is 11.2. The molecule has 0 aromatic carbocycles. The summed E-state index contributed by atoms with van der Waals surface area (Å²) in [5, 5.41) is 4.06. The topological polar surface area (TPSA) is 72.4 Å². The van der Waals surface area contributed by atoms with Crippen molar-refractivity contribution in [2.45, 2.75) is 51.9 Å². The molecule has 23 heavy (non-hydrogen) atoms. The molecule has 3 heterocycles. The summed E-state index contributed by atoms with van der Waals surface area (Å²) in [5.74, 6) is 2.25. The van der Waals surface area contributed by atoms with Crippen LogP contribution in [-0.4, -0.2) is 34.0 Å². The monoisotopic (exact) mass is 317 g/mol. The van der Waals surface area contributed by atoms with Gasteiger partial charge in [-0.15, -0.1) is 0 Å². The summed E-state index contributed by atoms with van der Waals surface area (Å²) in [6.07, 6.45) is 6.50. The van der Waals surface area contributed by atoms with Crippen molar-refractivity contribution in [2.75, 3.05) is 13.1 Å². The molecule has 2 aromatic heterocycles. The summed E-state index contributed by atoms with van der Waals surface area (Å²) in [6.45, 7) is 5.34. The molecule has 1 aliphatic heterocycles. The highest BCUT2D eigenvalue weighted by Gasteiger charge is 2.30. The Morgan fingerprint density at radius 3 is 3.09 bits per heavy atom. The molecule has 1 amide bonds. The van der Waals surface area contributed by atoms with Crippen molar-refractivity contribution >= 4 is 5.91 Å². The maximum atomic E-state index is 12.6. The van der Waals surface area contributed by atoms with Gasteiger partial charge < -0.3 is 13.8 Å². The summed E-state index contributed by atoms with van der Waals surface area (Å²) in [6, 6.07) is 1.73. The van der Waals surface area contributed by atoms with Gasteiger partial charge in [-0.2, -0.15) is 4.98 Å². The summed E-state index contributed by atoms with van der Waals surface area (Å²) in [7, 11) is 0. The molecule has 1 saturated heterocycles. The van der Waals surface area contributed by atoms with Gasteiger partial charge in [0.2, 0.25) is 5.89 Å². The number of hydrogen-bond acceptors (Lipinski definition) is 5. The number of aromatic nitrogens is 2. The second-order valence-electron chi connectivity index (χ2n) is 6.13. The molecule has 6 nitrogen and oxygen atoms in total. The number of unbranched alkanes of at least 4 members (excludes halogenated alkanes) is 1. The third kappa shape index (κ3) is 3.46. The molecular formula is C17H23N3O3. The first kappa shape index (κ1) is 15.8. The number of carbonyl (C=O) groups excluding carboxylic acids is 1. The first-order valence-electron chi connectivity index (χ1n) is 8.35. The molecule has 124 valence electrons. The molecule has 0 bridgehead atoms. The molecule has 0 aliphatic carbocycles. The number of likely N-dealkylation sites (tertiary alicyclic amines) is 1. The molecule has 0 spiro atoms. The minimum absolute atomic E-state index is 0.0201. The Balaban J connectivity index is 1.67. The standard InChI is InChI=1S/C17H23N3O3/c1-3-4-7-15-18-16(23-19-15)13-6-5-9-20(11-13)17(21)14-8-10-22-12(14)2/h8,10,13H,3-7,9,11H2,1-2H3. The summed E-state index contributed by atoms with van der Waals surface area (Å²) >= 11 is 0. The Bertz CT molecular complexity index is 662. The van der Waals surface area contributed by atoms with Crippen LogP contribution in [0.15, 0.2) is 21.3 Å². The lowest BCUT2D eigenvalue weighted by atomic mass is 9.97. The van der Waals surface area contributed by atoms with Crippen molar-refractivity contribution in [3.8, 4) is 0 Å². The highest BCUT2D eigenvalue weighted by Crippen LogP contribution is 2.27. The smallest absolute Gasteiger partial charge is 0.257 e. The van der Waals surface area contributed by atoms with E-state index >= 15 is 0 Å². The Morgan fingerprint density at radius 1 is 1.48 bits per heavy atom. The van der Waals surface area contributed by atoms with Gasteiger partial charge in [-0.25, -0.2) is 0 Å². The van der Waals surface area contributed by atoms with Crippen molar-refractivity contribution < 1.29 is 13.7 Å². The van der Waals surface area contributed by atoms with E-state index < -0.39 is 0 Å². The van der Waals surface area contributed by atoms with Gasteiger partial charge in [0.05, 0.1) is 17.7 Å². The van der Waals surface area contributed by atoms with Crippen LogP contribution in [0.4, 0.5) is 0 Å². The van der Waals surface area contributed by atoms with E-state index in [4.69, 9.17) is 8.94 Å². The summed E-state index contributed by atoms with van der Waals surface area (Å²) < 4.78 is 10.7. The number of rotatable bonds is 5. The van der Waals surface area contributed by atoms with Crippen molar-refractivity contribution in [1.82, 2.24) is 15.0 Å². The summed E-state index contributed by atoms with van der Waals surface area (Å²) in [4.78, 5) is 19.0. The van der Waals surface area contributed by atoms with E-state index in [2.05, 4.69) is 17.1 Å². The van der Waals surface area contributed by atoms with E-state index in [0.29, 0.717) is 23.8 Å². The molecule has 1 atom stereocenters. The molecule has 1 aliphatic rings. The second-order valence-corrected chi connectivity index (χ2v) is 6.13. The number of carbonyl (C=O) groups is 1. The predicted molar refractivity (Wildman–Crippen MR) is 84.2 cm³/mol. The number of furan rings is 1. The first-order valence-corrected chi connectivity index (χ1v) is 8.35. The van der Waals surface area contributed by atoms with Gasteiger partial charge in [-0.3, -0.25) is 4.79 Å². The SMILES string of the molecule is CCCCc1noc(C2CCCN(C(=O)c3ccoc3C)C2)n1. The van der Waals surface area contributed by atoms with Crippen molar-refractivity contribution in [2.24, 2.45) is 0 Å². The van der Waals surface area contributed by atoms with Crippen LogP contribution in [0, 0.1) is 6.92 Å². The van der Waals surface area contributed by atoms with Crippen molar-refractivity contribution in [3.05, 3.63) is 35.4 Å². The molecule has 1 unspecified atom stereocenters. The fraction of sp³-hybridized carbons (Fsp3) is 0.588. The van der Waals surface area contributed by atoms with E-state index in [0.717, 1.165) is 44.5 Å². The van der Waals surface area contributed by atoms with E-state index in [1.54, 1.807) is 12.3 Å². The largest absolute Gasteiger partial charge is 0.469 e. The zero-order chi connectivity index (χ0) is 16.2. The van der Waals surface area contributed by atoms with Crippen molar-refractivity contribution in [1.29, 1.82) is 0 Å². The molecule has 6 heteroatoms. The maximum Gasteiger partial charge on any atom is 0.257 e. The van der Waals surface area contributed by atoms with E-state index in [1.807, 2.05) is 11.8 Å². The number of nitrogens with zero attached hydrogens (tertiary/aromatic N) is 3. The van der Waals surface area contributed by atoms with Gasteiger partial charge in [0.25, 0.3) is 5.91 Å². The highest BCUT2D eigenvalue weighted by atomic mass is 16.5. The van der Waals surface area contributed by atoms with E-state index in [9.17, 15) is 4.79 Å². The van der Waals surface area contributed by atoms with Crippen LogP contribution in [0.1, 0.15) is 66.4 Å². The normalized spacial score (nSPS) is 18.3. The molecule has 1 fully saturated rings. The third-order valence-corrected chi connectivity index (χ3v) is 4.38. The van der Waals surface area contributed by atoms with Crippen LogP contribution in [0.25, 0.3) is 0 Å². The Morgan fingerprint density at radius 2 is 2.35 bits per heavy atom. The number of hydrogen-bond donors (Lipinski definition) is 0. The minimum atomic E-state index is 0.0201. The van der Waals surface area contributed by atoms with Crippen LogP contribution >= 0.6 is 0 Å². The third-order valence-electron chi connectivity index (χ3n) is 4.38. The molecule has 3 rings (SSSR count). The lowest BCUT2D eigenvalue weighted by molar-refractivity contribution is 0.0694. The number of piperidine rings is 1. The zero-order valence-corrected chi connectivity index (χ0v) is 13.7. The predicted octanol–water partition coefficient (Wildman–Crippen LogP) is 3.33. The number of amides is 1. The van der Waals surface area contributed by atoms with Gasteiger partial charge in [0, 0.05) is 19.5 Å². The van der Waals surface area contributed by atoms with Crippen molar-refractivity contribution in [3.63, 3.8) is 0 Å². The maximum absolute atomic E-state index is 12.6. The fourth-order valence-corrected chi connectivity index (χ4v) is 3.01. The Hall–Kier alpha value is -2.11. The van der Waals surface area contributed by atoms with Crippen LogP contribution in [0.3, 0.4) is 0 Å². The number of aryl methyl sites for hydroxylation is 2. The zero-order valence-electron chi connectivity index (χ0n) is 13.7. The van der Waals surface area contributed by atoms with Gasteiger partial charge in [0.15, 0.2) is 5.82 Å². The lowest BCUT2D eigenvalue weighted by Crippen LogP contribution is -2.39. The molecule has 0 radical (unpaired) electrons. The Kier molecular flexibility index (Phi) is 4.79. The van der Waals surface area contributed by atoms with Gasteiger partial charge in [-0.1, -0.05) is 18.5 Å². The molecule has 0 saturated carbocycles. The van der Waals surface area contributed by atoms with Gasteiger partial charge in [0.1, 0.15) is 5.76 Å². The van der Waals surface area contributed by atoms with E-state index in [1.165, 1.54) is 0 Å². The average Bonchev–Trinajstić information content (AvgIpc) is 3.21. The van der Waals surface area contributed by atoms with Crippen LogP contribution in [0.5, 0.6) is 0 Å². The Labute approximate surface area is 135 Å². The minimum Gasteiger partial charge on any atom is -0.469 e. The van der Waals surface area contributed by atoms with Crippen LogP contribution in [-0.2, 0) is 6.42 Å². The molecular weight excluding hydrogens is 294 g/mol. The van der Waals surface area contributed by atoms with Gasteiger partial charge in [-0.05, 0) is 32.3 Å². The van der Waals surface area contributed by atoms with Gasteiger partial charge >= 0.3 is 0 Å². The average molecular weight is 317 g/mol. The highest BCUT2D eigenvalue weighted by molar-refractivity contribution is 5.95.